The van der Waals surface area contributed by atoms with Crippen molar-refractivity contribution >= 4 is 31.8 Å². The van der Waals surface area contributed by atoms with Crippen molar-refractivity contribution in [1.82, 2.24) is 0 Å². The molecule has 446 valence electrons. The minimum absolute atomic E-state index is 0.00274. The molecule has 3 rings (SSSR count). The van der Waals surface area contributed by atoms with Gasteiger partial charge in [-0.1, -0.05) is 112 Å². The van der Waals surface area contributed by atoms with Gasteiger partial charge in [-0.3, -0.25) is 4.79 Å². The summed E-state index contributed by atoms with van der Waals surface area (Å²) in [6.07, 6.45) is 20.2. The Hall–Kier alpha value is -2.83. The first-order valence-corrected chi connectivity index (χ1v) is 33.1. The van der Waals surface area contributed by atoms with Gasteiger partial charge >= 0.3 is 5.97 Å². The van der Waals surface area contributed by atoms with Crippen LogP contribution in [-0.4, -0.2) is 124 Å². The van der Waals surface area contributed by atoms with Crippen LogP contribution in [0.25, 0.3) is 0 Å². The number of hydrogen-bond donors (Lipinski definition) is 0. The number of Topliss-reactive ketones (excluding diaryl/α,β-unsaturated/α-hetero) is 1. The van der Waals surface area contributed by atoms with Crippen LogP contribution < -0.4 is 9.47 Å². The average molecular weight is 1130 g/mol. The van der Waals surface area contributed by atoms with Crippen molar-refractivity contribution in [2.75, 3.05) is 54.5 Å². The molecule has 0 aliphatic carbocycles. The summed E-state index contributed by atoms with van der Waals surface area (Å²) in [5, 5.41) is 0.0362. The zero-order chi connectivity index (χ0) is 58.2. The second-order valence-corrected chi connectivity index (χ2v) is 29.5. The molecular weight excluding hydrogens is 1020 g/mol. The molecule has 0 saturated carbocycles. The third-order valence-electron chi connectivity index (χ3n) is 16.9. The Morgan fingerprint density at radius 3 is 2.21 bits per heavy atom. The predicted molar refractivity (Wildman–Crippen MR) is 318 cm³/mol. The normalized spacial score (nSPS) is 30.4. The van der Waals surface area contributed by atoms with Crippen molar-refractivity contribution in [3.8, 4) is 11.5 Å². The molecule has 1 aromatic carbocycles. The van der Waals surface area contributed by atoms with E-state index in [1.807, 2.05) is 57.4 Å². The molecule has 78 heavy (non-hydrogen) atoms. The number of methoxy groups -OCH3 is 5. The van der Waals surface area contributed by atoms with E-state index < -0.39 is 26.3 Å². The van der Waals surface area contributed by atoms with Crippen LogP contribution >= 0.6 is 11.8 Å². The first-order chi connectivity index (χ1) is 36.9. The maximum absolute atomic E-state index is 14.5. The molecule has 1 unspecified atom stereocenters. The van der Waals surface area contributed by atoms with Gasteiger partial charge in [0.05, 0.1) is 69.3 Å². The van der Waals surface area contributed by atoms with Crippen LogP contribution in [0.5, 0.6) is 11.5 Å². The van der Waals surface area contributed by atoms with Gasteiger partial charge in [0.2, 0.25) is 0 Å². The van der Waals surface area contributed by atoms with Gasteiger partial charge in [-0.2, -0.15) is 0 Å². The van der Waals surface area contributed by atoms with E-state index in [0.717, 1.165) is 37.7 Å². The summed E-state index contributed by atoms with van der Waals surface area (Å²) in [4.78, 5) is 28.3. The maximum Gasteiger partial charge on any atom is 0.331 e. The van der Waals surface area contributed by atoms with Crippen molar-refractivity contribution in [3.63, 3.8) is 0 Å². The molecule has 0 aromatic heterocycles. The lowest BCUT2D eigenvalue weighted by Crippen LogP contribution is -2.49. The molecule has 0 amide bonds. The average Bonchev–Trinajstić information content (AvgIpc) is 3.81. The molecule has 1 fully saturated rings. The number of carbonyl (C=O) groups is 2. The number of thioether (sulfide) groups is 1. The number of rotatable bonds is 23. The van der Waals surface area contributed by atoms with Crippen LogP contribution in [0.3, 0.4) is 0 Å². The van der Waals surface area contributed by atoms with Gasteiger partial charge in [-0.25, -0.2) is 4.79 Å². The molecule has 1 saturated heterocycles. The Balaban J connectivity index is 1.91. The second kappa shape index (κ2) is 35.2. The van der Waals surface area contributed by atoms with Gasteiger partial charge < -0.3 is 51.8 Å². The van der Waals surface area contributed by atoms with Gasteiger partial charge in [-0.15, -0.1) is 11.8 Å². The minimum Gasteiger partial charge on any atom is -0.493 e. The van der Waals surface area contributed by atoms with Crippen molar-refractivity contribution < 1.29 is 61.4 Å². The highest BCUT2D eigenvalue weighted by Crippen LogP contribution is 2.41. The number of benzene rings is 1. The highest BCUT2D eigenvalue weighted by Gasteiger charge is 2.43. The van der Waals surface area contributed by atoms with Gasteiger partial charge in [0.15, 0.2) is 26.1 Å². The number of ether oxygens (including phenoxy) is 10. The van der Waals surface area contributed by atoms with E-state index in [9.17, 15) is 9.59 Å². The highest BCUT2D eigenvalue weighted by atomic mass is 32.2. The molecule has 13 nitrogen and oxygen atoms in total. The molecule has 0 radical (unpaired) electrons. The lowest BCUT2D eigenvalue weighted by Gasteiger charge is -2.44. The van der Waals surface area contributed by atoms with Gasteiger partial charge in [0.25, 0.3) is 0 Å². The van der Waals surface area contributed by atoms with Crippen molar-refractivity contribution in [1.29, 1.82) is 0 Å². The Labute approximate surface area is 478 Å². The number of ketones is 1. The third kappa shape index (κ3) is 22.5. The van der Waals surface area contributed by atoms with Crippen molar-refractivity contribution in [3.05, 3.63) is 71.9 Å². The topological polar surface area (TPSA) is 136 Å². The summed E-state index contributed by atoms with van der Waals surface area (Å²) < 4.78 is 67.7. The number of allylic oxidation sites excluding steroid dienone is 3. The largest absolute Gasteiger partial charge is 0.493 e. The lowest BCUT2D eigenvalue weighted by molar-refractivity contribution is -0.162. The van der Waals surface area contributed by atoms with E-state index in [4.69, 9.17) is 51.8 Å². The summed E-state index contributed by atoms with van der Waals surface area (Å²) >= 11 is 1.66. The Morgan fingerprint density at radius 2 is 1.58 bits per heavy atom. The lowest BCUT2D eigenvalue weighted by atomic mass is 9.83. The van der Waals surface area contributed by atoms with Crippen LogP contribution in [0.2, 0.25) is 18.1 Å². The SMILES string of the molecule is COc1ccc(COCO[C@H](CC[C@H](C)C(=O)[C@H](C)[C@@H]2C/C=C/[C@H](OC)C[C@H](C)C/C=C(\C)[C@@H](OC)CC[C@@H](C)[C@@H](O[Si](C)(C)C(C)(C)C)[C@H](C)[C@H](OCSC)C/C=C/C=C/C(=O)O2)[C@H](C)[C@@H]2OC(OC)C[C@H]2C)cc1OC. The number of carbonyl (C=O) groups excluding carboxylic acids is 2. The first kappa shape index (κ1) is 69.4. The molecule has 0 spiro atoms. The standard InChI is InChI=1S/C63H106O13SSi/c1-42-28-29-43(2)52(67-13)33-31-45(4)62(76-78(18,19)63(9,10)11)49(8)53(73-41-77-17)25-21-20-22-27-58(64)74-55(26-23-24-51(36-42)66-12)47(6)60(65)44(3)30-34-54(48(7)61-46(5)37-59(70-16)75-61)72-40-71-39-50-32-35-56(68-14)57(38-50)69-15/h20-24,27,29,32,35,38,42,44-49,51-55,59,61-62H,25-26,28,30-31,33-34,36-37,39-41H2,1-19H3/b21-20+,24-23+,27-22+,43-29+/t42-,44+,45-,46-,47-,48+,49-,51+,52+,53-,54-,55+,59?,61-,62-/m1/s1. The quantitative estimate of drug-likeness (QED) is 0.0338. The van der Waals surface area contributed by atoms with E-state index in [1.165, 1.54) is 11.6 Å². The molecule has 1 aromatic rings. The predicted octanol–water partition coefficient (Wildman–Crippen LogP) is 14.1. The first-order valence-electron chi connectivity index (χ1n) is 28.8. The van der Waals surface area contributed by atoms with E-state index >= 15 is 0 Å². The van der Waals surface area contributed by atoms with E-state index in [-0.39, 0.29) is 90.1 Å². The van der Waals surface area contributed by atoms with Crippen LogP contribution in [0.15, 0.2) is 66.3 Å². The maximum atomic E-state index is 14.5. The fourth-order valence-electron chi connectivity index (χ4n) is 10.5. The summed E-state index contributed by atoms with van der Waals surface area (Å²) in [5.41, 5.74) is 2.15. The Bertz CT molecular complexity index is 2020. The molecule has 2 heterocycles. The van der Waals surface area contributed by atoms with Crippen LogP contribution in [0.1, 0.15) is 140 Å². The molecule has 2 aliphatic rings. The third-order valence-corrected chi connectivity index (χ3v) is 21.7. The van der Waals surface area contributed by atoms with Gasteiger partial charge in [0, 0.05) is 58.0 Å². The summed E-state index contributed by atoms with van der Waals surface area (Å²) in [5.74, 6) is 1.25. The highest BCUT2D eigenvalue weighted by molar-refractivity contribution is 7.98. The summed E-state index contributed by atoms with van der Waals surface area (Å²) in [6.45, 7) is 29.1. The monoisotopic (exact) mass is 1130 g/mol. The molecule has 0 N–H and O–H groups in total. The number of esters is 1. The molecule has 0 bridgehead atoms. The molecular formula is C63H106O13SSi. The minimum atomic E-state index is -2.17. The van der Waals surface area contributed by atoms with Gasteiger partial charge in [-0.05, 0) is 117 Å². The summed E-state index contributed by atoms with van der Waals surface area (Å²) in [7, 11) is 6.25. The molecule has 2 aliphatic heterocycles. The van der Waals surface area contributed by atoms with Crippen LogP contribution in [0, 0.1) is 41.4 Å². The van der Waals surface area contributed by atoms with Crippen molar-refractivity contribution in [2.24, 2.45) is 41.4 Å². The zero-order valence-electron chi connectivity index (χ0n) is 51.6. The number of hydrogen-bond acceptors (Lipinski definition) is 14. The Morgan fingerprint density at radius 1 is 0.859 bits per heavy atom. The number of cyclic esters (lactones) is 1. The van der Waals surface area contributed by atoms with E-state index in [2.05, 4.69) is 93.8 Å². The fraction of sp³-hybridized carbons (Fsp3) is 0.746. The second-order valence-electron chi connectivity index (χ2n) is 23.9. The van der Waals surface area contributed by atoms with Crippen LogP contribution in [-0.2, 0) is 58.5 Å². The summed E-state index contributed by atoms with van der Waals surface area (Å²) in [6, 6.07) is 5.68. The fourth-order valence-corrected chi connectivity index (χ4v) is 12.3. The van der Waals surface area contributed by atoms with Crippen LogP contribution in [0.4, 0.5) is 0 Å². The zero-order valence-corrected chi connectivity index (χ0v) is 53.5. The smallest absolute Gasteiger partial charge is 0.331 e. The van der Waals surface area contributed by atoms with E-state index in [1.54, 1.807) is 46.3 Å². The van der Waals surface area contributed by atoms with E-state index in [0.29, 0.717) is 55.6 Å². The van der Waals surface area contributed by atoms with Gasteiger partial charge in [0.1, 0.15) is 18.7 Å². The molecule has 15 atom stereocenters. The Kier molecular flexibility index (Phi) is 31.4. The van der Waals surface area contributed by atoms with Crippen molar-refractivity contribution in [2.45, 2.75) is 208 Å². The molecule has 15 heteroatoms.